The maximum Gasteiger partial charge on any atom is 0.459 e. The number of hydrogen-bond donors (Lipinski definition) is 2. The van der Waals surface area contributed by atoms with Crippen LogP contribution in [0, 0.1) is 0 Å². The zero-order chi connectivity index (χ0) is 54.6. The lowest BCUT2D eigenvalue weighted by molar-refractivity contribution is -0.366. The molecule has 42 heteroatoms. The van der Waals surface area contributed by atoms with Gasteiger partial charge in [0, 0.05) is 4.60 Å². The van der Waals surface area contributed by atoms with Crippen molar-refractivity contribution in [1.29, 1.82) is 0 Å². The van der Waals surface area contributed by atoms with E-state index in [2.05, 4.69) is 22.9 Å². The molecule has 11 nitrogen and oxygen atoms in total. The second-order valence-corrected chi connectivity index (χ2v) is 18.8. The minimum Gasteiger partial charge on any atom is -0.439 e. The van der Waals surface area contributed by atoms with E-state index in [-0.39, 0.29) is 0 Å². The lowest BCUT2D eigenvalue weighted by Crippen LogP contribution is -2.55. The first-order chi connectivity index (χ1) is 31.1. The predicted octanol–water partition coefficient (Wildman–Crippen LogP) is 13.6. The van der Waals surface area contributed by atoms with Crippen molar-refractivity contribution in [2.24, 2.45) is 4.52 Å². The molecule has 2 atom stereocenters. The highest BCUT2D eigenvalue weighted by molar-refractivity contribution is 7.78. The van der Waals surface area contributed by atoms with E-state index in [9.17, 15) is 123 Å². The molecule has 70 heavy (non-hydrogen) atoms. The van der Waals surface area contributed by atoms with Crippen molar-refractivity contribution < 1.29 is 151 Å². The van der Waals surface area contributed by atoms with Gasteiger partial charge in [0.05, 0.1) is 11.4 Å². The fraction of sp³-hybridized carbons (Fsp3) is 0.571. The third kappa shape index (κ3) is 12.0. The number of halogens is 28. The van der Waals surface area contributed by atoms with E-state index in [1.807, 2.05) is 0 Å². The Hall–Kier alpha value is -3.47. The highest BCUT2D eigenvalue weighted by atomic mass is 31.3. The van der Waals surface area contributed by atoms with Crippen LogP contribution in [-0.2, 0) is 18.4 Å². The molecule has 1 aliphatic heterocycles. The molecule has 0 saturated heterocycles. The fourth-order valence-electron chi connectivity index (χ4n) is 4.01. The Morgan fingerprint density at radius 2 is 0.786 bits per heavy atom. The van der Waals surface area contributed by atoms with E-state index in [1.165, 1.54) is 0 Å². The van der Waals surface area contributed by atoms with Crippen LogP contribution in [0.4, 0.5) is 134 Å². The number of nitrogens with zero attached hydrogens (tertiary/aromatic N) is 3. The van der Waals surface area contributed by atoms with Crippen LogP contribution in [0.2, 0.25) is 0 Å². The molecular weight excluding hydrogens is 1130 g/mol. The minimum absolute atomic E-state index is 0.379. The molecule has 0 saturated carbocycles. The smallest absolute Gasteiger partial charge is 0.439 e. The van der Waals surface area contributed by atoms with Gasteiger partial charge in [0.15, 0.2) is 5.75 Å². The van der Waals surface area contributed by atoms with Gasteiger partial charge in [0.2, 0.25) is 0 Å². The number of benzene rings is 2. The molecule has 2 aromatic carbocycles. The van der Waals surface area contributed by atoms with Gasteiger partial charge in [-0.3, -0.25) is 4.84 Å². The van der Waals surface area contributed by atoms with E-state index in [0.29, 0.717) is 36.4 Å². The monoisotopic (exact) mass is 1150 g/mol. The quantitative estimate of drug-likeness (QED) is 0.0752. The molecule has 2 aromatic rings. The zero-order valence-corrected chi connectivity index (χ0v) is 35.0. The Kier molecular flexibility index (Phi) is 17.2. The number of anilines is 2. The Morgan fingerprint density at radius 1 is 0.457 bits per heavy atom. The lowest BCUT2D eigenvalue weighted by atomic mass is 10.2. The predicted molar refractivity (Wildman–Crippen MR) is 177 cm³/mol. The van der Waals surface area contributed by atoms with Gasteiger partial charge in [-0.05, 0) is 28.9 Å². The first-order valence-electron chi connectivity index (χ1n) is 16.8. The van der Waals surface area contributed by atoms with E-state index in [1.54, 1.807) is 0 Å². The Morgan fingerprint density at radius 3 is 1.14 bits per heavy atom. The van der Waals surface area contributed by atoms with Crippen molar-refractivity contribution in [3.05, 3.63) is 48.5 Å². The van der Waals surface area contributed by atoms with Gasteiger partial charge in [0.25, 0.3) is 8.45 Å². The summed E-state index contributed by atoms with van der Waals surface area (Å²) in [6, 6.07) is 5.11. The van der Waals surface area contributed by atoms with E-state index in [0.717, 1.165) is 12.1 Å². The molecule has 404 valence electrons. The average Bonchev–Trinajstić information content (AvgIpc) is 3.18. The van der Waals surface area contributed by atoms with Crippen LogP contribution in [0.5, 0.6) is 11.5 Å². The van der Waals surface area contributed by atoms with Gasteiger partial charge in [0.1, 0.15) is 32.2 Å². The summed E-state index contributed by atoms with van der Waals surface area (Å²) < 4.78 is 407. The summed E-state index contributed by atoms with van der Waals surface area (Å²) in [5.74, 6) is -60.3. The van der Waals surface area contributed by atoms with E-state index >= 15 is 0 Å². The number of alkyl halides is 28. The molecule has 0 radical (unpaired) electrons. The van der Waals surface area contributed by atoms with Crippen molar-refractivity contribution >= 4 is 35.9 Å². The SMILES string of the molecule is Nc1ccccc1ON1P(Oc2ccccc2N)N(OCC(F)(F)C(F)(F)C(F)(F)F)P(OCC(F)(F)C(F)(F)C(F)(F)F)N=P1(OCC(F)(F)C(F)(F)C(F)(F)F)OCC(F)(F)C(F)(F)C(F)(F)F. The summed E-state index contributed by atoms with van der Waals surface area (Å²) in [7, 11) is -17.9. The molecule has 0 fully saturated rings. The van der Waals surface area contributed by atoms with Crippen LogP contribution in [0.15, 0.2) is 53.0 Å². The fourth-order valence-corrected chi connectivity index (χ4v) is 11.8. The summed E-state index contributed by atoms with van der Waals surface area (Å²) in [5.41, 5.74) is 9.15. The number of hydrogen-bond acceptors (Lipinski definition) is 11. The third-order valence-electron chi connectivity index (χ3n) is 7.86. The number of nitrogen functional groups attached to an aromatic ring is 2. The van der Waals surface area contributed by atoms with Crippen LogP contribution in [0.3, 0.4) is 0 Å². The molecule has 0 bridgehead atoms. The highest BCUT2D eigenvalue weighted by Crippen LogP contribution is 2.80. The summed E-state index contributed by atoms with van der Waals surface area (Å²) in [6.07, 6.45) is -29.8. The maximum atomic E-state index is 14.9. The Labute approximate surface area is 370 Å². The second-order valence-electron chi connectivity index (χ2n) is 13.0. The van der Waals surface area contributed by atoms with Crippen molar-refractivity contribution in [2.45, 2.75) is 72.1 Å². The molecule has 2 unspecified atom stereocenters. The van der Waals surface area contributed by atoms with Crippen LogP contribution in [-0.4, -0.2) is 108 Å². The van der Waals surface area contributed by atoms with Gasteiger partial charge >= 0.3 is 88.2 Å². The van der Waals surface area contributed by atoms with E-state index in [4.69, 9.17) is 20.8 Å². The molecule has 0 spiro atoms. The molecule has 0 aromatic heterocycles. The largest absolute Gasteiger partial charge is 0.459 e. The van der Waals surface area contributed by atoms with Crippen LogP contribution in [0.1, 0.15) is 0 Å². The standard InChI is InChI=1S/C28H20F28N5O6P3/c29-17(30,21(37,38)25(45,46)47)9-62-60-68(63-10-18(31,32)22(39,40)26(48,49)50)59-70(64-11-19(33,34)23(41,42)27(51,52)53,65-12-20(35,36)24(43,44)28(54,55)56)61(66-15-7-3-1-5-13(15)57)69(60)67-16-8-4-2-6-14(16)58/h1-8H,9-12,57-58H2. The zero-order valence-electron chi connectivity index (χ0n) is 32.3. The lowest BCUT2D eigenvalue weighted by Gasteiger charge is -2.46. The van der Waals surface area contributed by atoms with Crippen LogP contribution < -0.4 is 20.8 Å². The molecule has 4 N–H and O–H groups in total. The minimum atomic E-state index is -7.51. The molecule has 0 amide bonds. The van der Waals surface area contributed by atoms with Gasteiger partial charge in [-0.2, -0.15) is 127 Å². The molecule has 0 aliphatic carbocycles. The molecule has 1 heterocycles. The number of rotatable bonds is 20. The average molecular weight is 1150 g/mol. The van der Waals surface area contributed by atoms with E-state index < -0.39 is 155 Å². The van der Waals surface area contributed by atoms with Crippen molar-refractivity contribution in [3.63, 3.8) is 0 Å². The first-order valence-corrected chi connectivity index (χ1v) is 20.7. The highest BCUT2D eigenvalue weighted by Gasteiger charge is 2.77. The van der Waals surface area contributed by atoms with Gasteiger partial charge in [-0.25, -0.2) is 0 Å². The maximum absolute atomic E-state index is 14.9. The third-order valence-corrected chi connectivity index (χ3v) is 14.8. The van der Waals surface area contributed by atoms with Gasteiger partial charge in [-0.15, -0.1) is 0 Å². The Bertz CT molecular complexity index is 2130. The summed E-state index contributed by atoms with van der Waals surface area (Å²) in [6.45, 7) is -15.4. The van der Waals surface area contributed by atoms with Gasteiger partial charge in [-0.1, -0.05) is 24.3 Å². The van der Waals surface area contributed by atoms with Crippen molar-refractivity contribution in [1.82, 2.24) is 9.21 Å². The van der Waals surface area contributed by atoms with Crippen LogP contribution in [0.25, 0.3) is 0 Å². The summed E-state index contributed by atoms with van der Waals surface area (Å²) in [4.78, 5) is 9.11. The summed E-state index contributed by atoms with van der Waals surface area (Å²) in [5, 5.41) is 0. The first kappa shape index (κ1) is 60.8. The number of nitrogens with two attached hydrogens (primary N) is 2. The van der Waals surface area contributed by atoms with Crippen molar-refractivity contribution in [3.8, 4) is 11.5 Å². The number of para-hydroxylation sites is 4. The normalized spacial score (nSPS) is 19.3. The Balaban J connectivity index is 2.66. The summed E-state index contributed by atoms with van der Waals surface area (Å²) >= 11 is 0. The van der Waals surface area contributed by atoms with Crippen LogP contribution >= 0.6 is 24.6 Å². The van der Waals surface area contributed by atoms with Gasteiger partial charge < -0.3 is 34.4 Å². The second kappa shape index (κ2) is 19.8. The molecular formula is C28H20F28N5O6P3. The molecule has 1 aliphatic rings. The van der Waals surface area contributed by atoms with Crippen molar-refractivity contribution in [2.75, 3.05) is 37.9 Å². The molecule has 3 rings (SSSR count). The topological polar surface area (TPSA) is 126 Å².